The molecule has 1 N–H and O–H groups in total. The van der Waals surface area contributed by atoms with Crippen LogP contribution in [0.2, 0.25) is 0 Å². The fraction of sp³-hybridized carbons (Fsp3) is 0. The van der Waals surface area contributed by atoms with E-state index in [0.717, 1.165) is 4.47 Å². The van der Waals surface area contributed by atoms with Gasteiger partial charge in [-0.05, 0) is 30.3 Å². The van der Waals surface area contributed by atoms with Gasteiger partial charge in [0.25, 0.3) is 5.91 Å². The van der Waals surface area contributed by atoms with E-state index in [1.807, 2.05) is 6.07 Å². The molecule has 2 rings (SSSR count). The summed E-state index contributed by atoms with van der Waals surface area (Å²) < 4.78 is 5.88. The summed E-state index contributed by atoms with van der Waals surface area (Å²) in [7, 11) is 0. The Morgan fingerprint density at radius 2 is 2.24 bits per heavy atom. The van der Waals surface area contributed by atoms with Gasteiger partial charge in [-0.15, -0.1) is 0 Å². The minimum absolute atomic E-state index is 0.269. The topological polar surface area (TPSA) is 54.6 Å². The lowest BCUT2D eigenvalue weighted by atomic mass is 10.2. The van der Waals surface area contributed by atoms with E-state index in [4.69, 9.17) is 4.42 Å². The molecule has 0 unspecified atom stereocenters. The Morgan fingerprint density at radius 1 is 1.35 bits per heavy atom. The molecule has 0 spiro atoms. The summed E-state index contributed by atoms with van der Waals surface area (Å²) in [5.74, 6) is 0.314. The lowest BCUT2D eigenvalue weighted by molar-refractivity contribution is 0.0955. The number of rotatable bonds is 3. The molecule has 0 aliphatic heterocycles. The molecule has 0 bridgehead atoms. The van der Waals surface area contributed by atoms with E-state index in [2.05, 4.69) is 26.5 Å². The zero-order valence-electron chi connectivity index (χ0n) is 8.76. The molecule has 0 saturated carbocycles. The van der Waals surface area contributed by atoms with E-state index in [1.165, 1.54) is 12.5 Å². The summed E-state index contributed by atoms with van der Waals surface area (Å²) in [6.07, 6.45) is 2.98. The summed E-state index contributed by atoms with van der Waals surface area (Å²) in [6, 6.07) is 10.6. The Labute approximate surface area is 106 Å². The molecule has 0 aliphatic rings. The molecule has 86 valence electrons. The fourth-order valence-electron chi connectivity index (χ4n) is 1.21. The average molecular weight is 293 g/mol. The van der Waals surface area contributed by atoms with Crippen molar-refractivity contribution in [3.05, 3.63) is 58.5 Å². The van der Waals surface area contributed by atoms with Crippen molar-refractivity contribution in [2.45, 2.75) is 0 Å². The minimum Gasteiger partial charge on any atom is -0.463 e. The third-order valence-electron chi connectivity index (χ3n) is 1.99. The zero-order valence-corrected chi connectivity index (χ0v) is 10.3. The number of carbonyl (C=O) groups excluding carboxylic acids is 1. The van der Waals surface area contributed by atoms with Crippen LogP contribution in [0.1, 0.15) is 16.1 Å². The smallest absolute Gasteiger partial charge is 0.271 e. The normalized spacial score (nSPS) is 10.6. The van der Waals surface area contributed by atoms with E-state index >= 15 is 0 Å². The van der Waals surface area contributed by atoms with E-state index in [-0.39, 0.29) is 5.91 Å². The van der Waals surface area contributed by atoms with Crippen LogP contribution in [-0.4, -0.2) is 12.1 Å². The number of hydrazone groups is 1. The van der Waals surface area contributed by atoms with E-state index in [9.17, 15) is 4.79 Å². The van der Waals surface area contributed by atoms with E-state index in [0.29, 0.717) is 11.3 Å². The van der Waals surface area contributed by atoms with Gasteiger partial charge in [0.2, 0.25) is 0 Å². The predicted molar refractivity (Wildman–Crippen MR) is 67.9 cm³/mol. The molecule has 5 heteroatoms. The highest BCUT2D eigenvalue weighted by atomic mass is 79.9. The largest absolute Gasteiger partial charge is 0.463 e. The number of hydrogen-bond acceptors (Lipinski definition) is 3. The Balaban J connectivity index is 1.98. The van der Waals surface area contributed by atoms with Crippen LogP contribution in [-0.2, 0) is 0 Å². The van der Waals surface area contributed by atoms with Crippen LogP contribution < -0.4 is 5.43 Å². The number of nitrogens with zero attached hydrogens (tertiary/aromatic N) is 1. The van der Waals surface area contributed by atoms with Crippen LogP contribution in [0, 0.1) is 0 Å². The second-order valence-electron chi connectivity index (χ2n) is 3.22. The molecule has 17 heavy (non-hydrogen) atoms. The number of nitrogens with one attached hydrogen (secondary N) is 1. The standard InChI is InChI=1S/C12H9BrN2O2/c13-10-4-1-3-9(7-10)12(16)15-14-8-11-5-2-6-17-11/h1-8H,(H,15,16)/b14-8+. The second-order valence-corrected chi connectivity index (χ2v) is 4.14. The summed E-state index contributed by atoms with van der Waals surface area (Å²) in [4.78, 5) is 11.6. The van der Waals surface area contributed by atoms with Crippen molar-refractivity contribution < 1.29 is 9.21 Å². The molecule has 1 heterocycles. The maximum Gasteiger partial charge on any atom is 0.271 e. The lowest BCUT2D eigenvalue weighted by Gasteiger charge is -1.99. The molecule has 0 saturated heterocycles. The monoisotopic (exact) mass is 292 g/mol. The third-order valence-corrected chi connectivity index (χ3v) is 2.48. The van der Waals surface area contributed by atoms with Gasteiger partial charge in [0, 0.05) is 10.0 Å². The molecular formula is C12H9BrN2O2. The zero-order chi connectivity index (χ0) is 12.1. The van der Waals surface area contributed by atoms with Crippen molar-refractivity contribution in [3.63, 3.8) is 0 Å². The van der Waals surface area contributed by atoms with Crippen molar-refractivity contribution in [1.29, 1.82) is 0 Å². The van der Waals surface area contributed by atoms with Crippen molar-refractivity contribution in [2.75, 3.05) is 0 Å². The predicted octanol–water partition coefficient (Wildman–Crippen LogP) is 2.81. The molecule has 4 nitrogen and oxygen atoms in total. The van der Waals surface area contributed by atoms with Crippen LogP contribution in [0.5, 0.6) is 0 Å². The van der Waals surface area contributed by atoms with Gasteiger partial charge in [0.15, 0.2) is 0 Å². The highest BCUT2D eigenvalue weighted by Gasteiger charge is 2.03. The number of hydrogen-bond donors (Lipinski definition) is 1. The molecule has 0 fully saturated rings. The third kappa shape index (κ3) is 3.29. The van der Waals surface area contributed by atoms with Gasteiger partial charge in [-0.2, -0.15) is 5.10 Å². The van der Waals surface area contributed by atoms with Gasteiger partial charge in [-0.3, -0.25) is 4.79 Å². The van der Waals surface area contributed by atoms with Crippen molar-refractivity contribution in [3.8, 4) is 0 Å². The van der Waals surface area contributed by atoms with Crippen LogP contribution in [0.25, 0.3) is 0 Å². The first-order chi connectivity index (χ1) is 8.25. The molecular weight excluding hydrogens is 284 g/mol. The Hall–Kier alpha value is -1.88. The molecule has 2 aromatic rings. The molecule has 0 aliphatic carbocycles. The number of halogens is 1. The maximum absolute atomic E-state index is 11.6. The first-order valence-electron chi connectivity index (χ1n) is 4.88. The summed E-state index contributed by atoms with van der Waals surface area (Å²) >= 11 is 3.30. The highest BCUT2D eigenvalue weighted by Crippen LogP contribution is 2.11. The molecule has 0 atom stereocenters. The quantitative estimate of drug-likeness (QED) is 0.699. The van der Waals surface area contributed by atoms with Gasteiger partial charge < -0.3 is 4.42 Å². The van der Waals surface area contributed by atoms with Crippen LogP contribution in [0.15, 0.2) is 56.7 Å². The van der Waals surface area contributed by atoms with Gasteiger partial charge in [0.1, 0.15) is 5.76 Å². The first kappa shape index (κ1) is 11.6. The van der Waals surface area contributed by atoms with Crippen LogP contribution >= 0.6 is 15.9 Å². The van der Waals surface area contributed by atoms with Gasteiger partial charge >= 0.3 is 0 Å². The number of benzene rings is 1. The Morgan fingerprint density at radius 3 is 2.94 bits per heavy atom. The number of amides is 1. The van der Waals surface area contributed by atoms with Gasteiger partial charge in [-0.1, -0.05) is 22.0 Å². The van der Waals surface area contributed by atoms with Crippen molar-refractivity contribution in [2.24, 2.45) is 5.10 Å². The molecule has 1 aromatic carbocycles. The Bertz CT molecular complexity index is 535. The summed E-state index contributed by atoms with van der Waals surface area (Å²) in [5.41, 5.74) is 2.95. The van der Waals surface area contributed by atoms with Crippen LogP contribution in [0.4, 0.5) is 0 Å². The van der Waals surface area contributed by atoms with Gasteiger partial charge in [0.05, 0.1) is 12.5 Å². The average Bonchev–Trinajstić information content (AvgIpc) is 2.82. The molecule has 1 amide bonds. The van der Waals surface area contributed by atoms with Crippen LogP contribution in [0.3, 0.4) is 0 Å². The maximum atomic E-state index is 11.6. The van der Waals surface area contributed by atoms with E-state index < -0.39 is 0 Å². The SMILES string of the molecule is O=C(N/N=C/c1ccco1)c1cccc(Br)c1. The highest BCUT2D eigenvalue weighted by molar-refractivity contribution is 9.10. The fourth-order valence-corrected chi connectivity index (χ4v) is 1.61. The molecule has 0 radical (unpaired) electrons. The summed E-state index contributed by atoms with van der Waals surface area (Å²) in [5, 5.41) is 3.79. The number of furan rings is 1. The number of carbonyl (C=O) groups is 1. The van der Waals surface area contributed by atoms with E-state index in [1.54, 1.807) is 30.3 Å². The minimum atomic E-state index is -0.269. The van der Waals surface area contributed by atoms with Crippen molar-refractivity contribution in [1.82, 2.24) is 5.43 Å². The second kappa shape index (κ2) is 5.45. The molecule has 1 aromatic heterocycles. The lowest BCUT2D eigenvalue weighted by Crippen LogP contribution is -2.17. The first-order valence-corrected chi connectivity index (χ1v) is 5.67. The Kier molecular flexibility index (Phi) is 3.72. The summed E-state index contributed by atoms with van der Waals surface area (Å²) in [6.45, 7) is 0. The van der Waals surface area contributed by atoms with Crippen molar-refractivity contribution >= 4 is 28.1 Å². The van der Waals surface area contributed by atoms with Gasteiger partial charge in [-0.25, -0.2) is 5.43 Å².